The molecule has 4 N–H and O–H groups in total. The van der Waals surface area contributed by atoms with Crippen molar-refractivity contribution in [1.82, 2.24) is 0 Å². The average Bonchev–Trinajstić information content (AvgIpc) is 3.05. The molecule has 7 atom stereocenters. The summed E-state index contributed by atoms with van der Waals surface area (Å²) >= 11 is 1.29. The number of hydrogen-bond acceptors (Lipinski definition) is 7. The van der Waals surface area contributed by atoms with Crippen LogP contribution in [-0.2, 0) is 9.53 Å². The van der Waals surface area contributed by atoms with E-state index in [2.05, 4.69) is 0 Å². The van der Waals surface area contributed by atoms with Crippen molar-refractivity contribution in [3.8, 4) is 0 Å². The monoisotopic (exact) mass is 514 g/mol. The van der Waals surface area contributed by atoms with Crippen molar-refractivity contribution >= 4 is 17.7 Å². The van der Waals surface area contributed by atoms with Gasteiger partial charge in [0, 0.05) is 23.5 Å². The maximum absolute atomic E-state index is 13.7. The lowest BCUT2D eigenvalue weighted by molar-refractivity contribution is -0.149. The van der Waals surface area contributed by atoms with Gasteiger partial charge in [-0.3, -0.25) is 4.79 Å². The highest BCUT2D eigenvalue weighted by atomic mass is 32.2. The van der Waals surface area contributed by atoms with Gasteiger partial charge < -0.3 is 25.2 Å². The van der Waals surface area contributed by atoms with Gasteiger partial charge in [-0.2, -0.15) is 0 Å². The van der Waals surface area contributed by atoms with E-state index in [1.54, 1.807) is 32.0 Å². The van der Waals surface area contributed by atoms with Gasteiger partial charge >= 0.3 is 5.97 Å². The number of carbonyl (C=O) groups excluding carboxylic acids is 1. The summed E-state index contributed by atoms with van der Waals surface area (Å²) in [7, 11) is 0. The Morgan fingerprint density at radius 1 is 1.06 bits per heavy atom. The number of hydrogen-bond donors (Lipinski definition) is 4. The quantitative estimate of drug-likeness (QED) is 0.147. The van der Waals surface area contributed by atoms with Crippen LogP contribution < -0.4 is 0 Å². The van der Waals surface area contributed by atoms with Gasteiger partial charge in [0.1, 0.15) is 11.9 Å². The Kier molecular flexibility index (Phi) is 13.6. The van der Waals surface area contributed by atoms with E-state index in [1.807, 2.05) is 0 Å². The third-order valence-corrected chi connectivity index (χ3v) is 7.99. The SMILES string of the molecule is C[C@H](O)C[C@H](C)OC(=O)CCCCCC[C@@H]1[C@@H](CC[C@@H](O)CSc2ccccc2F)[C@H](O)C[C@@H]1O. The van der Waals surface area contributed by atoms with Crippen molar-refractivity contribution in [3.05, 3.63) is 30.1 Å². The first-order valence-corrected chi connectivity index (χ1v) is 13.9. The zero-order chi connectivity index (χ0) is 25.8. The van der Waals surface area contributed by atoms with Gasteiger partial charge in [0.2, 0.25) is 0 Å². The van der Waals surface area contributed by atoms with Crippen LogP contribution in [-0.4, -0.2) is 62.7 Å². The van der Waals surface area contributed by atoms with Crippen LogP contribution in [0.5, 0.6) is 0 Å². The van der Waals surface area contributed by atoms with E-state index in [0.29, 0.717) is 42.8 Å². The molecule has 1 fully saturated rings. The second-order valence-electron chi connectivity index (χ2n) is 10.0. The zero-order valence-electron chi connectivity index (χ0n) is 21.0. The fourth-order valence-electron chi connectivity index (χ4n) is 5.01. The predicted octanol–water partition coefficient (Wildman–Crippen LogP) is 4.46. The van der Waals surface area contributed by atoms with E-state index in [4.69, 9.17) is 4.74 Å². The van der Waals surface area contributed by atoms with Crippen molar-refractivity contribution < 1.29 is 34.3 Å². The minimum atomic E-state index is -0.603. The van der Waals surface area contributed by atoms with Gasteiger partial charge in [-0.1, -0.05) is 31.4 Å². The molecule has 0 unspecified atom stereocenters. The van der Waals surface area contributed by atoms with Crippen LogP contribution in [0.3, 0.4) is 0 Å². The smallest absolute Gasteiger partial charge is 0.306 e. The van der Waals surface area contributed by atoms with E-state index in [9.17, 15) is 29.6 Å². The van der Waals surface area contributed by atoms with E-state index in [1.165, 1.54) is 17.8 Å². The number of thioether (sulfide) groups is 1. The molecule has 0 spiro atoms. The summed E-state index contributed by atoms with van der Waals surface area (Å²) in [6, 6.07) is 6.51. The lowest BCUT2D eigenvalue weighted by atomic mass is 9.85. The molecule has 6 nitrogen and oxygen atoms in total. The molecule has 0 amide bonds. The van der Waals surface area contributed by atoms with E-state index in [0.717, 1.165) is 32.1 Å². The van der Waals surface area contributed by atoms with Crippen molar-refractivity contribution in [1.29, 1.82) is 0 Å². The Hall–Kier alpha value is -1.19. The fraction of sp³-hybridized carbons (Fsp3) is 0.741. The summed E-state index contributed by atoms with van der Waals surface area (Å²) in [5, 5.41) is 40.6. The van der Waals surface area contributed by atoms with Crippen LogP contribution in [0, 0.1) is 17.7 Å². The lowest BCUT2D eigenvalue weighted by Gasteiger charge is -2.24. The maximum atomic E-state index is 13.7. The fourth-order valence-corrected chi connectivity index (χ4v) is 5.93. The van der Waals surface area contributed by atoms with Gasteiger partial charge in [0.05, 0.1) is 24.4 Å². The number of ether oxygens (including phenoxy) is 1. The van der Waals surface area contributed by atoms with E-state index >= 15 is 0 Å². The number of aliphatic hydroxyl groups is 4. The topological polar surface area (TPSA) is 107 Å². The third-order valence-electron chi connectivity index (χ3n) is 6.80. The summed E-state index contributed by atoms with van der Waals surface area (Å²) in [5.41, 5.74) is 0. The molecule has 1 aliphatic carbocycles. The molecule has 8 heteroatoms. The van der Waals surface area contributed by atoms with Crippen LogP contribution in [0.15, 0.2) is 29.2 Å². The zero-order valence-corrected chi connectivity index (χ0v) is 21.8. The molecule has 0 radical (unpaired) electrons. The van der Waals surface area contributed by atoms with Crippen molar-refractivity contribution in [2.24, 2.45) is 11.8 Å². The molecule has 1 aromatic rings. The molecule has 0 aromatic heterocycles. The molecule has 200 valence electrons. The third kappa shape index (κ3) is 11.2. The standard InChI is InChI=1S/C27H43FO6S/c1-18(29)15-19(2)34-27(33)12-6-4-3-5-9-21-22(25(32)16-24(21)31)14-13-20(30)17-35-26-11-8-7-10-23(26)28/h7-8,10-11,18-22,24-25,29-32H,3-6,9,12-17H2,1-2H3/t18-,19-,20+,21+,22+,24-,25+/m0/s1. The van der Waals surface area contributed by atoms with Crippen LogP contribution in [0.2, 0.25) is 0 Å². The van der Waals surface area contributed by atoms with E-state index in [-0.39, 0.29) is 29.7 Å². The summed E-state index contributed by atoms with van der Waals surface area (Å²) in [6.45, 7) is 3.45. The Labute approximate surface area is 213 Å². The van der Waals surface area contributed by atoms with Crippen LogP contribution in [0.1, 0.15) is 78.1 Å². The molecule has 35 heavy (non-hydrogen) atoms. The molecule has 0 bridgehead atoms. The number of aliphatic hydroxyl groups excluding tert-OH is 4. The normalized spacial score (nSPS) is 24.8. The van der Waals surface area contributed by atoms with E-state index < -0.39 is 24.4 Å². The van der Waals surface area contributed by atoms with Crippen LogP contribution >= 0.6 is 11.8 Å². The van der Waals surface area contributed by atoms with Crippen molar-refractivity contribution in [2.75, 3.05) is 5.75 Å². The van der Waals surface area contributed by atoms with Gasteiger partial charge in [-0.05, 0) is 69.9 Å². The highest BCUT2D eigenvalue weighted by Gasteiger charge is 2.40. The molecule has 1 saturated carbocycles. The molecule has 1 aromatic carbocycles. The first-order valence-electron chi connectivity index (χ1n) is 13.0. The molecular formula is C27H43FO6S. The van der Waals surface area contributed by atoms with Gasteiger partial charge in [0.15, 0.2) is 0 Å². The molecule has 0 heterocycles. The minimum Gasteiger partial charge on any atom is -0.463 e. The Morgan fingerprint density at radius 3 is 2.40 bits per heavy atom. The number of halogens is 1. The number of rotatable bonds is 16. The largest absolute Gasteiger partial charge is 0.463 e. The second kappa shape index (κ2) is 15.8. The summed E-state index contributed by atoms with van der Waals surface area (Å²) in [5.74, 6) is -0.190. The highest BCUT2D eigenvalue weighted by Crippen LogP contribution is 2.39. The average molecular weight is 515 g/mol. The molecule has 1 aliphatic rings. The van der Waals surface area contributed by atoms with Crippen molar-refractivity contribution in [3.63, 3.8) is 0 Å². The Morgan fingerprint density at radius 2 is 1.71 bits per heavy atom. The number of esters is 1. The molecule has 0 aliphatic heterocycles. The maximum Gasteiger partial charge on any atom is 0.306 e. The van der Waals surface area contributed by atoms with Gasteiger partial charge in [0.25, 0.3) is 0 Å². The van der Waals surface area contributed by atoms with Gasteiger partial charge in [-0.25, -0.2) is 4.39 Å². The number of benzene rings is 1. The summed E-state index contributed by atoms with van der Waals surface area (Å²) in [6.07, 6.45) is 4.08. The number of carbonyl (C=O) groups is 1. The summed E-state index contributed by atoms with van der Waals surface area (Å²) in [4.78, 5) is 12.4. The van der Waals surface area contributed by atoms with Crippen LogP contribution in [0.25, 0.3) is 0 Å². The lowest BCUT2D eigenvalue weighted by Crippen LogP contribution is -2.24. The highest BCUT2D eigenvalue weighted by molar-refractivity contribution is 7.99. The number of unbranched alkanes of at least 4 members (excludes halogenated alkanes) is 3. The minimum absolute atomic E-state index is 0.00251. The predicted molar refractivity (Wildman–Crippen MR) is 136 cm³/mol. The van der Waals surface area contributed by atoms with Crippen molar-refractivity contribution in [2.45, 2.75) is 113 Å². The molecule has 0 saturated heterocycles. The molecule has 2 rings (SSSR count). The molecular weight excluding hydrogens is 471 g/mol. The Balaban J connectivity index is 1.64. The van der Waals surface area contributed by atoms with Gasteiger partial charge in [-0.15, -0.1) is 11.8 Å². The first-order chi connectivity index (χ1) is 16.7. The second-order valence-corrected chi connectivity index (χ2v) is 11.1. The van der Waals surface area contributed by atoms with Crippen LogP contribution in [0.4, 0.5) is 4.39 Å². The first kappa shape index (κ1) is 30.0. The Bertz CT molecular complexity index is 748. The summed E-state index contributed by atoms with van der Waals surface area (Å²) < 4.78 is 19.0.